The third-order valence-electron chi connectivity index (χ3n) is 0.793. The molecule has 0 fully saturated rings. The summed E-state index contributed by atoms with van der Waals surface area (Å²) in [5, 5.41) is 10.0. The number of hydrogen-bond donors (Lipinski definition) is 0. The van der Waals surface area contributed by atoms with Gasteiger partial charge in [0.2, 0.25) is 0 Å². The zero-order valence-electron chi connectivity index (χ0n) is 4.98. The Balaban J connectivity index is 2.49. The third kappa shape index (κ3) is 2.32. The molecule has 0 aromatic carbocycles. The molecule has 1 rings (SSSR count). The van der Waals surface area contributed by atoms with Gasteiger partial charge in [-0.25, -0.2) is 0 Å². The van der Waals surface area contributed by atoms with Gasteiger partial charge in [0.25, 0.3) is 0 Å². The van der Waals surface area contributed by atoms with Crippen molar-refractivity contribution < 1.29 is 3.82 Å². The molecule has 0 spiro atoms. The SMILES string of the molecule is N#CO[Se]=Cc1cccs1. The van der Waals surface area contributed by atoms with Crippen LogP contribution in [-0.4, -0.2) is 19.8 Å². The average molecular weight is 217 g/mol. The van der Waals surface area contributed by atoms with Crippen LogP contribution in [-0.2, 0) is 3.82 Å². The van der Waals surface area contributed by atoms with Crippen LogP contribution in [0, 0.1) is 11.5 Å². The number of nitriles is 1. The van der Waals surface area contributed by atoms with Gasteiger partial charge in [0.1, 0.15) is 0 Å². The van der Waals surface area contributed by atoms with Gasteiger partial charge in [-0.3, -0.25) is 0 Å². The number of thiophene rings is 1. The van der Waals surface area contributed by atoms with E-state index in [4.69, 9.17) is 5.26 Å². The van der Waals surface area contributed by atoms with Crippen LogP contribution < -0.4 is 0 Å². The first-order valence-corrected chi connectivity index (χ1v) is 5.08. The van der Waals surface area contributed by atoms with Gasteiger partial charge in [0.05, 0.1) is 0 Å². The molecule has 51 valence electrons. The molecule has 0 aliphatic rings. The Morgan fingerprint density at radius 2 is 2.70 bits per heavy atom. The molecule has 0 N–H and O–H groups in total. The van der Waals surface area contributed by atoms with Crippen molar-refractivity contribution in [3.63, 3.8) is 0 Å². The summed E-state index contributed by atoms with van der Waals surface area (Å²) in [7, 11) is 0. The molecule has 2 nitrogen and oxygen atoms in total. The van der Waals surface area contributed by atoms with Crippen LogP contribution >= 0.6 is 11.3 Å². The van der Waals surface area contributed by atoms with Gasteiger partial charge in [0.15, 0.2) is 0 Å². The molecule has 0 aliphatic heterocycles. The molecule has 0 bridgehead atoms. The molecule has 10 heavy (non-hydrogen) atoms. The average Bonchev–Trinajstić information content (AvgIpc) is 2.41. The van der Waals surface area contributed by atoms with E-state index in [1.54, 1.807) is 17.6 Å². The van der Waals surface area contributed by atoms with Crippen LogP contribution in [0.15, 0.2) is 17.5 Å². The summed E-state index contributed by atoms with van der Waals surface area (Å²) in [4.78, 5) is 3.09. The van der Waals surface area contributed by atoms with Crippen LogP contribution in [0.3, 0.4) is 0 Å². The fourth-order valence-corrected chi connectivity index (χ4v) is 2.09. The van der Waals surface area contributed by atoms with E-state index in [0.717, 1.165) is 4.88 Å². The summed E-state index contributed by atoms with van der Waals surface area (Å²) >= 11 is 1.52. The van der Waals surface area contributed by atoms with Crippen molar-refractivity contribution in [3.05, 3.63) is 22.4 Å². The van der Waals surface area contributed by atoms with Crippen molar-refractivity contribution in [2.75, 3.05) is 0 Å². The Kier molecular flexibility index (Phi) is 3.17. The first kappa shape index (κ1) is 7.49. The van der Waals surface area contributed by atoms with Crippen LogP contribution in [0.4, 0.5) is 0 Å². The molecule has 0 amide bonds. The molecule has 1 aromatic heterocycles. The van der Waals surface area contributed by atoms with Gasteiger partial charge in [-0.1, -0.05) is 0 Å². The van der Waals surface area contributed by atoms with Gasteiger partial charge in [-0.05, 0) is 0 Å². The predicted molar refractivity (Wildman–Crippen MR) is 41.9 cm³/mol. The molecule has 1 radical (unpaired) electrons. The van der Waals surface area contributed by atoms with Crippen molar-refractivity contribution >= 4 is 31.1 Å². The van der Waals surface area contributed by atoms with Crippen LogP contribution in [0.25, 0.3) is 0 Å². The van der Waals surface area contributed by atoms with E-state index in [0.29, 0.717) is 0 Å². The molecule has 4 heteroatoms. The van der Waals surface area contributed by atoms with E-state index in [9.17, 15) is 0 Å². The van der Waals surface area contributed by atoms with Crippen molar-refractivity contribution in [2.24, 2.45) is 0 Å². The van der Waals surface area contributed by atoms with E-state index in [-0.39, 0.29) is 14.8 Å². The van der Waals surface area contributed by atoms with E-state index >= 15 is 0 Å². The summed E-state index contributed by atoms with van der Waals surface area (Å²) in [6, 6.07) is 3.96. The van der Waals surface area contributed by atoms with E-state index in [2.05, 4.69) is 3.82 Å². The summed E-state index contributed by atoms with van der Waals surface area (Å²) in [6.07, 6.45) is 1.63. The Morgan fingerprint density at radius 3 is 3.30 bits per heavy atom. The van der Waals surface area contributed by atoms with Gasteiger partial charge in [0, 0.05) is 0 Å². The molecule has 0 atom stereocenters. The molecule has 0 unspecified atom stereocenters. The topological polar surface area (TPSA) is 33.0 Å². The minimum atomic E-state index is -0.125. The van der Waals surface area contributed by atoms with Crippen molar-refractivity contribution in [1.82, 2.24) is 0 Å². The molecule has 1 aromatic rings. The Hall–Kier alpha value is -0.621. The van der Waals surface area contributed by atoms with Crippen LogP contribution in [0.1, 0.15) is 4.88 Å². The standard InChI is InChI=1S/C6H4NOSSe/c7-5-8-10-4-6-2-1-3-9-6/h1-4H. The van der Waals surface area contributed by atoms with Crippen molar-refractivity contribution in [2.45, 2.75) is 0 Å². The number of rotatable bonds is 2. The number of hydrogen-bond acceptors (Lipinski definition) is 3. The summed E-state index contributed by atoms with van der Waals surface area (Å²) < 4.78 is 4.53. The maximum absolute atomic E-state index is 8.02. The first-order valence-electron chi connectivity index (χ1n) is 2.51. The first-order chi connectivity index (χ1) is 4.93. The third-order valence-corrected chi connectivity index (χ3v) is 3.04. The van der Waals surface area contributed by atoms with Gasteiger partial charge in [-0.2, -0.15) is 0 Å². The molecule has 0 saturated carbocycles. The minimum absolute atomic E-state index is 0.125. The normalized spacial score (nSPS) is 9.50. The second-order valence-electron chi connectivity index (χ2n) is 1.40. The Labute approximate surface area is 69.1 Å². The van der Waals surface area contributed by atoms with E-state index < -0.39 is 0 Å². The Morgan fingerprint density at radius 1 is 1.80 bits per heavy atom. The molecular formula is C6H4NOSSe. The predicted octanol–water partition coefficient (Wildman–Crippen LogP) is 1.02. The zero-order chi connectivity index (χ0) is 7.23. The van der Waals surface area contributed by atoms with Crippen LogP contribution in [0.5, 0.6) is 0 Å². The molecule has 0 aliphatic carbocycles. The summed E-state index contributed by atoms with van der Waals surface area (Å²) in [6.45, 7) is 0. The maximum atomic E-state index is 8.02. The second-order valence-corrected chi connectivity index (χ2v) is 3.63. The fourth-order valence-electron chi connectivity index (χ4n) is 0.451. The second kappa shape index (κ2) is 4.24. The van der Waals surface area contributed by atoms with Crippen LogP contribution in [0.2, 0.25) is 0 Å². The van der Waals surface area contributed by atoms with Crippen molar-refractivity contribution in [1.29, 1.82) is 5.26 Å². The molecule has 0 saturated heterocycles. The van der Waals surface area contributed by atoms with E-state index in [1.807, 2.05) is 22.4 Å². The van der Waals surface area contributed by atoms with Crippen molar-refractivity contribution in [3.8, 4) is 6.26 Å². The molecule has 1 heterocycles. The van der Waals surface area contributed by atoms with Gasteiger partial charge in [-0.15, -0.1) is 0 Å². The quantitative estimate of drug-likeness (QED) is 0.547. The fraction of sp³-hybridized carbons (Fsp3) is 0. The van der Waals surface area contributed by atoms with Gasteiger partial charge < -0.3 is 0 Å². The monoisotopic (exact) mass is 218 g/mol. The number of nitrogens with zero attached hydrogens (tertiary/aromatic N) is 1. The van der Waals surface area contributed by atoms with Gasteiger partial charge >= 0.3 is 68.8 Å². The Bertz CT molecular complexity index is 249. The zero-order valence-corrected chi connectivity index (χ0v) is 7.51. The summed E-state index contributed by atoms with van der Waals surface area (Å²) in [5.41, 5.74) is 0. The molecular weight excluding hydrogens is 213 g/mol. The summed E-state index contributed by atoms with van der Waals surface area (Å²) in [5.74, 6) is 0. The van der Waals surface area contributed by atoms with E-state index in [1.165, 1.54) is 0 Å².